The molecule has 8 rings (SSSR count). The minimum Gasteiger partial charge on any atom is -0.323 e. The van der Waals surface area contributed by atoms with Gasteiger partial charge in [-0.2, -0.15) is 9.49 Å². The highest BCUT2D eigenvalue weighted by molar-refractivity contribution is 6.03. The quantitative estimate of drug-likeness (QED) is 0.197. The Labute approximate surface area is 269 Å². The molecule has 2 aliphatic rings. The van der Waals surface area contributed by atoms with Gasteiger partial charge in [0.2, 0.25) is 5.95 Å². The lowest BCUT2D eigenvalue weighted by Crippen LogP contribution is -2.34. The first-order valence-corrected chi connectivity index (χ1v) is 15.8. The number of imidazole rings is 2. The van der Waals surface area contributed by atoms with Gasteiger partial charge in [-0.25, -0.2) is 23.9 Å². The highest BCUT2D eigenvalue weighted by atomic mass is 19.1. The highest BCUT2D eigenvalue weighted by Crippen LogP contribution is 2.46. The summed E-state index contributed by atoms with van der Waals surface area (Å²) in [5.41, 5.74) is 5.09. The van der Waals surface area contributed by atoms with Crippen LogP contribution in [0.2, 0.25) is 0 Å². The summed E-state index contributed by atoms with van der Waals surface area (Å²) in [4.78, 5) is 32.6. The molecule has 236 valence electrons. The van der Waals surface area contributed by atoms with Gasteiger partial charge in [-0.05, 0) is 85.8 Å². The minimum absolute atomic E-state index is 0.135. The molecular formula is C35H31F2N9O. The lowest BCUT2D eigenvalue weighted by molar-refractivity contribution is 0.102. The molecule has 0 unspecified atom stereocenters. The van der Waals surface area contributed by atoms with E-state index < -0.39 is 11.9 Å². The monoisotopic (exact) mass is 631 g/mol. The van der Waals surface area contributed by atoms with Crippen LogP contribution in [0.3, 0.4) is 0 Å². The molecule has 0 spiro atoms. The van der Waals surface area contributed by atoms with Crippen LogP contribution in [-0.2, 0) is 6.54 Å². The molecule has 1 N–H and O–H groups in total. The number of carbonyl (C=O) groups excluding carboxylic acids is 1. The molecule has 0 atom stereocenters. The second-order valence-electron chi connectivity index (χ2n) is 12.2. The van der Waals surface area contributed by atoms with Gasteiger partial charge in [0.1, 0.15) is 17.3 Å². The maximum atomic E-state index is 14.0. The second-order valence-corrected chi connectivity index (χ2v) is 12.2. The van der Waals surface area contributed by atoms with Gasteiger partial charge in [0, 0.05) is 67.4 Å². The minimum atomic E-state index is -0.738. The van der Waals surface area contributed by atoms with Crippen LogP contribution in [-0.4, -0.2) is 58.0 Å². The van der Waals surface area contributed by atoms with E-state index in [1.807, 2.05) is 24.5 Å². The van der Waals surface area contributed by atoms with E-state index in [-0.39, 0.29) is 23.2 Å². The van der Waals surface area contributed by atoms with Crippen LogP contribution in [0.1, 0.15) is 59.4 Å². The van der Waals surface area contributed by atoms with Crippen LogP contribution in [0.25, 0.3) is 28.3 Å². The van der Waals surface area contributed by atoms with Crippen molar-refractivity contribution in [3.05, 3.63) is 114 Å². The van der Waals surface area contributed by atoms with Gasteiger partial charge in [-0.3, -0.25) is 14.7 Å². The average Bonchev–Trinajstić information content (AvgIpc) is 3.74. The lowest BCUT2D eigenvalue weighted by Gasteiger charge is -2.34. The number of rotatable bonds is 8. The summed E-state index contributed by atoms with van der Waals surface area (Å²) in [5.74, 6) is 0.158. The molecule has 47 heavy (non-hydrogen) atoms. The number of pyridine rings is 2. The van der Waals surface area contributed by atoms with Gasteiger partial charge in [0.25, 0.3) is 5.91 Å². The van der Waals surface area contributed by atoms with E-state index in [1.54, 1.807) is 22.8 Å². The fourth-order valence-electron chi connectivity index (χ4n) is 6.39. The first-order chi connectivity index (χ1) is 23.0. The number of piperidine rings is 1. The highest BCUT2D eigenvalue weighted by Gasteiger charge is 2.36. The van der Waals surface area contributed by atoms with Crippen LogP contribution in [0.15, 0.2) is 85.5 Å². The Morgan fingerprint density at radius 3 is 2.43 bits per heavy atom. The fourth-order valence-corrected chi connectivity index (χ4v) is 6.39. The number of hydrogen-bond donors (Lipinski definition) is 1. The molecule has 1 aromatic carbocycles. The average molecular weight is 632 g/mol. The first kappa shape index (κ1) is 29.1. The predicted octanol–water partition coefficient (Wildman–Crippen LogP) is 6.29. The Morgan fingerprint density at radius 2 is 1.68 bits per heavy atom. The number of halogens is 2. The largest absolute Gasteiger partial charge is 0.323 e. The van der Waals surface area contributed by atoms with Crippen LogP contribution in [0.5, 0.6) is 0 Å². The van der Waals surface area contributed by atoms with Gasteiger partial charge in [0.15, 0.2) is 11.5 Å². The van der Waals surface area contributed by atoms with Crippen LogP contribution in [0, 0.1) is 11.8 Å². The van der Waals surface area contributed by atoms with Crippen LogP contribution in [0.4, 0.5) is 14.6 Å². The first-order valence-electron chi connectivity index (χ1n) is 15.8. The molecule has 1 saturated heterocycles. The normalized spacial score (nSPS) is 15.7. The molecule has 6 heterocycles. The summed E-state index contributed by atoms with van der Waals surface area (Å²) in [5, 5.41) is 7.69. The third kappa shape index (κ3) is 5.99. The second kappa shape index (κ2) is 12.1. The summed E-state index contributed by atoms with van der Waals surface area (Å²) >= 11 is 0. The number of fused-ring (bicyclic) bond motifs is 1. The van der Waals surface area contributed by atoms with Gasteiger partial charge in [-0.15, -0.1) is 0 Å². The smallest absolute Gasteiger partial charge is 0.257 e. The Kier molecular flexibility index (Phi) is 7.49. The van der Waals surface area contributed by atoms with Crippen molar-refractivity contribution < 1.29 is 13.6 Å². The number of nitrogens with one attached hydrogen (secondary N) is 1. The molecule has 0 bridgehead atoms. The van der Waals surface area contributed by atoms with Crippen molar-refractivity contribution in [2.75, 3.05) is 18.4 Å². The van der Waals surface area contributed by atoms with Gasteiger partial charge >= 0.3 is 0 Å². The van der Waals surface area contributed by atoms with Gasteiger partial charge < -0.3 is 9.88 Å². The molecule has 2 fully saturated rings. The van der Waals surface area contributed by atoms with E-state index in [2.05, 4.69) is 41.9 Å². The standard InChI is InChI=1S/C35H31F2N9O/c36-26-5-3-23(4-6-26)32-33(28-7-8-31-40-30(21-45(31)43-28)41-35(47)25-11-16-39-29(37)19-25)46(34(42-32)24-1-2-24)27-12-17-44(18-13-27)20-22-9-14-38-15-10-22/h3-11,14-16,19,21,24,27H,1-2,12-13,17-18,20H2,(H,41,47). The molecule has 10 nitrogen and oxygen atoms in total. The number of likely N-dealkylation sites (tertiary alicyclic amines) is 1. The van der Waals surface area contributed by atoms with Crippen molar-refractivity contribution in [3.8, 4) is 22.6 Å². The molecule has 0 radical (unpaired) electrons. The molecule has 12 heteroatoms. The zero-order valence-corrected chi connectivity index (χ0v) is 25.4. The number of nitrogens with zero attached hydrogens (tertiary/aromatic N) is 8. The molecule has 1 amide bonds. The molecule has 6 aromatic rings. The SMILES string of the molecule is O=C(Nc1cn2nc(-c3c(-c4ccc(F)cc4)nc(C4CC4)n3C3CCN(Cc4ccncc4)CC3)ccc2n1)c1ccnc(F)c1. The van der Waals surface area contributed by atoms with Crippen molar-refractivity contribution in [3.63, 3.8) is 0 Å². The Bertz CT molecular complexity index is 2060. The topological polar surface area (TPSA) is 106 Å². The number of benzene rings is 1. The van der Waals surface area contributed by atoms with Gasteiger partial charge in [-0.1, -0.05) is 0 Å². The summed E-state index contributed by atoms with van der Waals surface area (Å²) < 4.78 is 31.6. The number of carbonyl (C=O) groups is 1. The molecule has 1 aliphatic heterocycles. The summed E-state index contributed by atoms with van der Waals surface area (Å²) in [6, 6.07) is 17.1. The molecular weight excluding hydrogens is 600 g/mol. The van der Waals surface area contributed by atoms with E-state index in [4.69, 9.17) is 10.1 Å². The lowest BCUT2D eigenvalue weighted by atomic mass is 10.0. The van der Waals surface area contributed by atoms with E-state index >= 15 is 0 Å². The van der Waals surface area contributed by atoms with Crippen LogP contribution >= 0.6 is 0 Å². The molecule has 1 aliphatic carbocycles. The van der Waals surface area contributed by atoms with Crippen molar-refractivity contribution in [2.45, 2.75) is 44.2 Å². The Balaban J connectivity index is 1.16. The maximum absolute atomic E-state index is 14.0. The summed E-state index contributed by atoms with van der Waals surface area (Å²) in [7, 11) is 0. The zero-order chi connectivity index (χ0) is 31.9. The van der Waals surface area contributed by atoms with E-state index in [1.165, 1.54) is 30.0 Å². The summed E-state index contributed by atoms with van der Waals surface area (Å²) in [6.07, 6.45) is 10.6. The third-order valence-corrected chi connectivity index (χ3v) is 8.87. The van der Waals surface area contributed by atoms with Crippen molar-refractivity contribution in [1.82, 2.24) is 39.0 Å². The summed E-state index contributed by atoms with van der Waals surface area (Å²) in [6.45, 7) is 2.77. The van der Waals surface area contributed by atoms with Crippen molar-refractivity contribution >= 4 is 17.4 Å². The number of aromatic nitrogens is 7. The van der Waals surface area contributed by atoms with Crippen LogP contribution < -0.4 is 5.32 Å². The van der Waals surface area contributed by atoms with Gasteiger partial charge in [0.05, 0.1) is 17.6 Å². The molecule has 5 aromatic heterocycles. The van der Waals surface area contributed by atoms with Crippen molar-refractivity contribution in [1.29, 1.82) is 0 Å². The van der Waals surface area contributed by atoms with E-state index in [0.29, 0.717) is 17.3 Å². The zero-order valence-electron chi connectivity index (χ0n) is 25.4. The predicted molar refractivity (Wildman–Crippen MR) is 172 cm³/mol. The van der Waals surface area contributed by atoms with E-state index in [0.717, 1.165) is 74.2 Å². The fraction of sp³-hybridized carbons (Fsp3) is 0.257. The Morgan fingerprint density at radius 1 is 0.894 bits per heavy atom. The number of amides is 1. The number of anilines is 1. The number of hydrogen-bond acceptors (Lipinski definition) is 7. The maximum Gasteiger partial charge on any atom is 0.257 e. The van der Waals surface area contributed by atoms with Crippen molar-refractivity contribution in [2.24, 2.45) is 0 Å². The van der Waals surface area contributed by atoms with E-state index in [9.17, 15) is 13.6 Å². The molecule has 1 saturated carbocycles. The Hall–Kier alpha value is -5.36. The third-order valence-electron chi connectivity index (χ3n) is 8.87.